The maximum Gasteiger partial charge on any atom is 0.262 e. The topological polar surface area (TPSA) is 67.2 Å². The van der Waals surface area contributed by atoms with E-state index in [2.05, 4.69) is 10.3 Å². The second-order valence-electron chi connectivity index (χ2n) is 6.90. The molecule has 1 aliphatic heterocycles. The van der Waals surface area contributed by atoms with Gasteiger partial charge in [-0.2, -0.15) is 4.31 Å². The number of rotatable bonds is 6. The number of sulfonamides is 1. The predicted molar refractivity (Wildman–Crippen MR) is 111 cm³/mol. The lowest BCUT2D eigenvalue weighted by molar-refractivity contribution is 0.454. The molecular formula is C19H21ClN4O2S2. The van der Waals surface area contributed by atoms with Gasteiger partial charge in [0, 0.05) is 49.7 Å². The quantitative estimate of drug-likeness (QED) is 0.644. The van der Waals surface area contributed by atoms with Crippen LogP contribution < -0.4 is 5.32 Å². The molecule has 1 aromatic carbocycles. The lowest BCUT2D eigenvalue weighted by atomic mass is 9.94. The van der Waals surface area contributed by atoms with Crippen molar-refractivity contribution in [2.24, 2.45) is 7.05 Å². The largest absolute Gasteiger partial charge is 0.339 e. The summed E-state index contributed by atoms with van der Waals surface area (Å²) in [6, 6.07) is 11.9. The molecule has 0 spiro atoms. The zero-order chi connectivity index (χ0) is 19.7. The lowest BCUT2D eigenvalue weighted by Crippen LogP contribution is -2.36. The van der Waals surface area contributed by atoms with Gasteiger partial charge in [-0.25, -0.2) is 13.4 Å². The molecule has 9 heteroatoms. The number of hydrogen-bond donors (Lipinski definition) is 1. The summed E-state index contributed by atoms with van der Waals surface area (Å²) in [6.07, 6.45) is 3.05. The molecule has 0 unspecified atom stereocenters. The van der Waals surface area contributed by atoms with E-state index in [1.54, 1.807) is 29.1 Å². The summed E-state index contributed by atoms with van der Waals surface area (Å²) >= 11 is 7.81. The van der Waals surface area contributed by atoms with Gasteiger partial charge in [0.2, 0.25) is 0 Å². The number of aromatic nitrogens is 2. The fourth-order valence-corrected chi connectivity index (χ4v) is 6.05. The Labute approximate surface area is 173 Å². The van der Waals surface area contributed by atoms with Crippen molar-refractivity contribution >= 4 is 33.0 Å². The van der Waals surface area contributed by atoms with Crippen LogP contribution in [0.4, 0.5) is 0 Å². The molecular weight excluding hydrogens is 416 g/mol. The summed E-state index contributed by atoms with van der Waals surface area (Å²) in [5.74, 6) is 0.0541. The SMILES string of the molecule is Cn1cnc(S(=O)(=O)N2C[C@H](NCc3sccc3Cl)[C@@H](c3ccccc3)C2)c1. The number of thiophene rings is 1. The van der Waals surface area contributed by atoms with Crippen molar-refractivity contribution in [1.29, 1.82) is 0 Å². The van der Waals surface area contributed by atoms with Crippen LogP contribution in [0.25, 0.3) is 0 Å². The van der Waals surface area contributed by atoms with Crippen LogP contribution >= 0.6 is 22.9 Å². The van der Waals surface area contributed by atoms with Gasteiger partial charge in [-0.1, -0.05) is 41.9 Å². The summed E-state index contributed by atoms with van der Waals surface area (Å²) < 4.78 is 29.3. The van der Waals surface area contributed by atoms with Crippen LogP contribution in [0.2, 0.25) is 5.02 Å². The molecule has 28 heavy (non-hydrogen) atoms. The number of nitrogens with one attached hydrogen (secondary N) is 1. The van der Waals surface area contributed by atoms with Gasteiger partial charge in [-0.15, -0.1) is 11.3 Å². The van der Waals surface area contributed by atoms with E-state index < -0.39 is 10.0 Å². The van der Waals surface area contributed by atoms with E-state index in [0.29, 0.717) is 19.6 Å². The zero-order valence-corrected chi connectivity index (χ0v) is 17.7. The van der Waals surface area contributed by atoms with Crippen molar-refractivity contribution in [3.05, 3.63) is 69.8 Å². The first-order valence-corrected chi connectivity index (χ1v) is 11.6. The van der Waals surface area contributed by atoms with E-state index in [-0.39, 0.29) is 17.0 Å². The van der Waals surface area contributed by atoms with Crippen LogP contribution in [-0.2, 0) is 23.6 Å². The molecule has 6 nitrogen and oxygen atoms in total. The fraction of sp³-hybridized carbons (Fsp3) is 0.316. The van der Waals surface area contributed by atoms with Gasteiger partial charge >= 0.3 is 0 Å². The highest BCUT2D eigenvalue weighted by molar-refractivity contribution is 7.89. The highest BCUT2D eigenvalue weighted by Gasteiger charge is 2.40. The van der Waals surface area contributed by atoms with Gasteiger partial charge in [0.25, 0.3) is 10.0 Å². The van der Waals surface area contributed by atoms with Gasteiger partial charge in [0.05, 0.1) is 11.3 Å². The van der Waals surface area contributed by atoms with E-state index >= 15 is 0 Å². The van der Waals surface area contributed by atoms with Crippen LogP contribution in [-0.4, -0.2) is 41.4 Å². The third-order valence-electron chi connectivity index (χ3n) is 5.02. The normalized spacial score (nSPS) is 20.6. The average Bonchev–Trinajstić information content (AvgIpc) is 3.41. The van der Waals surface area contributed by atoms with Crippen LogP contribution in [0.3, 0.4) is 0 Å². The molecule has 0 radical (unpaired) electrons. The van der Waals surface area contributed by atoms with E-state index in [9.17, 15) is 8.42 Å². The maximum absolute atomic E-state index is 13.1. The molecule has 3 heterocycles. The Morgan fingerprint density at radius 1 is 1.25 bits per heavy atom. The van der Waals surface area contributed by atoms with Gasteiger partial charge in [-0.3, -0.25) is 0 Å². The van der Waals surface area contributed by atoms with Crippen molar-refractivity contribution < 1.29 is 8.42 Å². The number of benzene rings is 1. The van der Waals surface area contributed by atoms with E-state index in [1.165, 1.54) is 10.6 Å². The Morgan fingerprint density at radius 3 is 2.68 bits per heavy atom. The first kappa shape index (κ1) is 19.6. The second-order valence-corrected chi connectivity index (χ2v) is 10.2. The van der Waals surface area contributed by atoms with E-state index in [1.807, 2.05) is 41.8 Å². The molecule has 2 atom stereocenters. The zero-order valence-electron chi connectivity index (χ0n) is 15.3. The minimum Gasteiger partial charge on any atom is -0.339 e. The highest BCUT2D eigenvalue weighted by Crippen LogP contribution is 2.32. The molecule has 1 fully saturated rings. The number of imidazole rings is 1. The summed E-state index contributed by atoms with van der Waals surface area (Å²) in [5.41, 5.74) is 1.12. The fourth-order valence-electron chi connectivity index (χ4n) is 3.54. The van der Waals surface area contributed by atoms with Crippen molar-refractivity contribution in [2.75, 3.05) is 13.1 Å². The Kier molecular flexibility index (Phi) is 5.57. The van der Waals surface area contributed by atoms with Gasteiger partial charge < -0.3 is 9.88 Å². The molecule has 4 rings (SSSR count). The summed E-state index contributed by atoms with van der Waals surface area (Å²) in [5, 5.41) is 6.31. The van der Waals surface area contributed by atoms with Gasteiger partial charge in [-0.05, 0) is 17.0 Å². The molecule has 0 saturated carbocycles. The Bertz CT molecular complexity index is 1050. The first-order chi connectivity index (χ1) is 13.4. The molecule has 0 aliphatic carbocycles. The third kappa shape index (κ3) is 3.88. The molecule has 3 aromatic rings. The first-order valence-electron chi connectivity index (χ1n) is 8.93. The molecule has 1 N–H and O–H groups in total. The lowest BCUT2D eigenvalue weighted by Gasteiger charge is -2.20. The average molecular weight is 437 g/mol. The Hall–Kier alpha value is -1.71. The minimum absolute atomic E-state index is 0.0148. The van der Waals surface area contributed by atoms with Crippen LogP contribution in [0.1, 0.15) is 16.4 Å². The summed E-state index contributed by atoms with van der Waals surface area (Å²) in [7, 11) is -1.87. The van der Waals surface area contributed by atoms with Crippen LogP contribution in [0.15, 0.2) is 59.3 Å². The molecule has 2 aromatic heterocycles. The number of halogens is 1. The standard InChI is InChI=1S/C19H21ClN4O2S2/c1-23-12-19(22-13-23)28(25,26)24-10-15(14-5-3-2-4-6-14)17(11-24)21-9-18-16(20)7-8-27-18/h2-8,12-13,15,17,21H,9-11H2,1H3/t15-,17+/m1/s1. The summed E-state index contributed by atoms with van der Waals surface area (Å²) in [4.78, 5) is 5.11. The van der Waals surface area contributed by atoms with Gasteiger partial charge in [0.15, 0.2) is 5.03 Å². The van der Waals surface area contributed by atoms with E-state index in [4.69, 9.17) is 11.6 Å². The monoisotopic (exact) mass is 436 g/mol. The number of aryl methyl sites for hydroxylation is 1. The van der Waals surface area contributed by atoms with E-state index in [0.717, 1.165) is 15.5 Å². The molecule has 148 valence electrons. The third-order valence-corrected chi connectivity index (χ3v) is 8.12. The molecule has 1 saturated heterocycles. The van der Waals surface area contributed by atoms with Crippen molar-refractivity contribution in [2.45, 2.75) is 23.5 Å². The van der Waals surface area contributed by atoms with Crippen LogP contribution in [0.5, 0.6) is 0 Å². The molecule has 0 amide bonds. The Morgan fingerprint density at radius 2 is 2.04 bits per heavy atom. The molecule has 1 aliphatic rings. The summed E-state index contributed by atoms with van der Waals surface area (Å²) in [6.45, 7) is 1.42. The molecule has 0 bridgehead atoms. The second kappa shape index (κ2) is 7.96. The number of hydrogen-bond acceptors (Lipinski definition) is 5. The predicted octanol–water partition coefficient (Wildman–Crippen LogP) is 3.08. The minimum atomic E-state index is -3.63. The maximum atomic E-state index is 13.1. The van der Waals surface area contributed by atoms with Crippen molar-refractivity contribution in [3.63, 3.8) is 0 Å². The number of nitrogens with zero attached hydrogens (tertiary/aromatic N) is 3. The van der Waals surface area contributed by atoms with Crippen molar-refractivity contribution in [1.82, 2.24) is 19.2 Å². The van der Waals surface area contributed by atoms with Crippen molar-refractivity contribution in [3.8, 4) is 0 Å². The van der Waals surface area contributed by atoms with Gasteiger partial charge in [0.1, 0.15) is 0 Å². The smallest absolute Gasteiger partial charge is 0.262 e. The van der Waals surface area contributed by atoms with Crippen LogP contribution in [0, 0.1) is 0 Å². The Balaban J connectivity index is 1.58. The highest BCUT2D eigenvalue weighted by atomic mass is 35.5.